The molecule has 0 atom stereocenters. The second-order valence-corrected chi connectivity index (χ2v) is 4.68. The van der Waals surface area contributed by atoms with E-state index in [1.807, 2.05) is 0 Å². The molecule has 0 radical (unpaired) electrons. The molecule has 120 valence electrons. The van der Waals surface area contributed by atoms with Crippen LogP contribution in [0.3, 0.4) is 0 Å². The summed E-state index contributed by atoms with van der Waals surface area (Å²) in [4.78, 5) is 21.7. The van der Waals surface area contributed by atoms with Crippen LogP contribution in [0, 0.1) is 11.6 Å². The predicted octanol–water partition coefficient (Wildman–Crippen LogP) is 2.96. The Morgan fingerprint density at radius 1 is 1.13 bits per heavy atom. The van der Waals surface area contributed by atoms with Crippen LogP contribution in [0.25, 0.3) is 0 Å². The molecule has 0 saturated heterocycles. The SMILES string of the molecule is O=C(O)CC(=O)Nc1ccc(OCc2cccc(F)c2)c(F)c1. The highest BCUT2D eigenvalue weighted by Gasteiger charge is 2.10. The minimum Gasteiger partial charge on any atom is -0.486 e. The second-order valence-electron chi connectivity index (χ2n) is 4.68. The van der Waals surface area contributed by atoms with Crippen molar-refractivity contribution in [2.45, 2.75) is 13.0 Å². The van der Waals surface area contributed by atoms with Crippen molar-refractivity contribution in [3.05, 3.63) is 59.7 Å². The van der Waals surface area contributed by atoms with E-state index in [2.05, 4.69) is 5.32 Å². The number of anilines is 1. The summed E-state index contributed by atoms with van der Waals surface area (Å²) in [5.41, 5.74) is 0.662. The van der Waals surface area contributed by atoms with Gasteiger partial charge in [0.2, 0.25) is 5.91 Å². The Labute approximate surface area is 130 Å². The molecule has 7 heteroatoms. The Morgan fingerprint density at radius 3 is 2.57 bits per heavy atom. The third-order valence-electron chi connectivity index (χ3n) is 2.81. The highest BCUT2D eigenvalue weighted by atomic mass is 19.1. The van der Waals surface area contributed by atoms with Crippen LogP contribution in [-0.2, 0) is 16.2 Å². The number of hydrogen-bond acceptors (Lipinski definition) is 3. The lowest BCUT2D eigenvalue weighted by Gasteiger charge is -2.09. The Kier molecular flexibility index (Phi) is 5.24. The van der Waals surface area contributed by atoms with Crippen LogP contribution in [0.15, 0.2) is 42.5 Å². The Bertz CT molecular complexity index is 734. The van der Waals surface area contributed by atoms with Gasteiger partial charge in [0.15, 0.2) is 11.6 Å². The van der Waals surface area contributed by atoms with Gasteiger partial charge in [0.1, 0.15) is 18.8 Å². The molecule has 2 aromatic rings. The van der Waals surface area contributed by atoms with Crippen LogP contribution in [0.5, 0.6) is 5.75 Å². The third-order valence-corrected chi connectivity index (χ3v) is 2.81. The smallest absolute Gasteiger partial charge is 0.312 e. The van der Waals surface area contributed by atoms with Gasteiger partial charge in [0.25, 0.3) is 0 Å². The van der Waals surface area contributed by atoms with Crippen LogP contribution in [0.1, 0.15) is 12.0 Å². The van der Waals surface area contributed by atoms with Gasteiger partial charge in [-0.25, -0.2) is 8.78 Å². The van der Waals surface area contributed by atoms with Crippen molar-refractivity contribution < 1.29 is 28.2 Å². The summed E-state index contributed by atoms with van der Waals surface area (Å²) in [7, 11) is 0. The maximum absolute atomic E-state index is 13.9. The number of carboxylic acid groups (broad SMARTS) is 1. The Balaban J connectivity index is 1.99. The van der Waals surface area contributed by atoms with E-state index in [1.54, 1.807) is 6.07 Å². The zero-order valence-electron chi connectivity index (χ0n) is 11.9. The fourth-order valence-electron chi connectivity index (χ4n) is 1.83. The number of carboxylic acids is 1. The molecule has 0 saturated carbocycles. The number of carbonyl (C=O) groups excluding carboxylic acids is 1. The molecule has 2 rings (SSSR count). The Morgan fingerprint density at radius 2 is 1.91 bits per heavy atom. The van der Waals surface area contributed by atoms with Crippen LogP contribution in [-0.4, -0.2) is 17.0 Å². The lowest BCUT2D eigenvalue weighted by atomic mass is 10.2. The number of amides is 1. The highest BCUT2D eigenvalue weighted by Crippen LogP contribution is 2.22. The van der Waals surface area contributed by atoms with Crippen molar-refractivity contribution in [3.63, 3.8) is 0 Å². The molecule has 0 heterocycles. The summed E-state index contributed by atoms with van der Waals surface area (Å²) < 4.78 is 32.2. The molecule has 0 aliphatic rings. The zero-order valence-corrected chi connectivity index (χ0v) is 11.9. The first kappa shape index (κ1) is 16.4. The number of nitrogens with one attached hydrogen (secondary N) is 1. The van der Waals surface area contributed by atoms with Crippen molar-refractivity contribution in [1.82, 2.24) is 0 Å². The number of halogens is 2. The highest BCUT2D eigenvalue weighted by molar-refractivity contribution is 6.01. The largest absolute Gasteiger partial charge is 0.486 e. The molecule has 2 N–H and O–H groups in total. The average molecular weight is 321 g/mol. The van der Waals surface area contributed by atoms with Gasteiger partial charge in [0, 0.05) is 11.8 Å². The maximum Gasteiger partial charge on any atom is 0.312 e. The van der Waals surface area contributed by atoms with E-state index in [1.165, 1.54) is 30.3 Å². The number of rotatable bonds is 6. The Hall–Kier alpha value is -2.96. The molecule has 0 aliphatic heterocycles. The van der Waals surface area contributed by atoms with E-state index in [9.17, 15) is 18.4 Å². The van der Waals surface area contributed by atoms with Crippen LogP contribution in [0.4, 0.5) is 14.5 Å². The molecule has 0 bridgehead atoms. The first-order chi connectivity index (χ1) is 10.9. The van der Waals surface area contributed by atoms with Gasteiger partial charge in [0.05, 0.1) is 0 Å². The number of benzene rings is 2. The summed E-state index contributed by atoms with van der Waals surface area (Å²) in [6.07, 6.45) is -0.709. The van der Waals surface area contributed by atoms with Crippen molar-refractivity contribution in [2.75, 3.05) is 5.32 Å². The lowest BCUT2D eigenvalue weighted by Crippen LogP contribution is -2.16. The summed E-state index contributed by atoms with van der Waals surface area (Å²) in [6.45, 7) is -0.0145. The van der Waals surface area contributed by atoms with Gasteiger partial charge >= 0.3 is 5.97 Å². The summed E-state index contributed by atoms with van der Waals surface area (Å²) in [5, 5.41) is 10.7. The van der Waals surface area contributed by atoms with Crippen LogP contribution in [0.2, 0.25) is 0 Å². The average Bonchev–Trinajstić information content (AvgIpc) is 2.45. The number of aliphatic carboxylic acids is 1. The molecule has 0 aromatic heterocycles. The van der Waals surface area contributed by atoms with Crippen molar-refractivity contribution in [1.29, 1.82) is 0 Å². The number of ether oxygens (including phenoxy) is 1. The van der Waals surface area contributed by atoms with Crippen molar-refractivity contribution in [2.24, 2.45) is 0 Å². The molecule has 23 heavy (non-hydrogen) atoms. The summed E-state index contributed by atoms with van der Waals surface area (Å²) in [5.74, 6) is -3.24. The van der Waals surface area contributed by atoms with Gasteiger partial charge in [-0.05, 0) is 29.8 Å². The van der Waals surface area contributed by atoms with Gasteiger partial charge in [-0.3, -0.25) is 9.59 Å². The van der Waals surface area contributed by atoms with Gasteiger partial charge < -0.3 is 15.2 Å². The van der Waals surface area contributed by atoms with E-state index >= 15 is 0 Å². The van der Waals surface area contributed by atoms with Crippen molar-refractivity contribution in [3.8, 4) is 5.75 Å². The van der Waals surface area contributed by atoms with E-state index in [4.69, 9.17) is 9.84 Å². The fourth-order valence-corrected chi connectivity index (χ4v) is 1.83. The molecule has 0 spiro atoms. The molecule has 1 amide bonds. The molecule has 5 nitrogen and oxygen atoms in total. The van der Waals surface area contributed by atoms with Gasteiger partial charge in [-0.2, -0.15) is 0 Å². The van der Waals surface area contributed by atoms with E-state index in [0.29, 0.717) is 5.56 Å². The first-order valence-electron chi connectivity index (χ1n) is 6.62. The standard InChI is InChI=1S/C16H13F2NO4/c17-11-3-1-2-10(6-11)9-23-14-5-4-12(7-13(14)18)19-15(20)8-16(21)22/h1-7H,8-9H2,(H,19,20)(H,21,22). The van der Waals surface area contributed by atoms with Gasteiger partial charge in [-0.1, -0.05) is 12.1 Å². The monoisotopic (exact) mass is 321 g/mol. The van der Waals surface area contributed by atoms with E-state index in [0.717, 1.165) is 6.07 Å². The third kappa shape index (κ3) is 5.06. The maximum atomic E-state index is 13.9. The lowest BCUT2D eigenvalue weighted by molar-refractivity contribution is -0.139. The number of hydrogen-bond donors (Lipinski definition) is 2. The fraction of sp³-hybridized carbons (Fsp3) is 0.125. The molecular formula is C16H13F2NO4. The minimum absolute atomic E-state index is 0.0145. The topological polar surface area (TPSA) is 75.6 Å². The molecular weight excluding hydrogens is 308 g/mol. The van der Waals surface area contributed by atoms with Crippen LogP contribution < -0.4 is 10.1 Å². The normalized spacial score (nSPS) is 10.2. The zero-order chi connectivity index (χ0) is 16.8. The molecule has 0 fully saturated rings. The first-order valence-corrected chi connectivity index (χ1v) is 6.62. The number of carbonyl (C=O) groups is 2. The molecule has 2 aromatic carbocycles. The van der Waals surface area contributed by atoms with E-state index < -0.39 is 29.9 Å². The minimum atomic E-state index is -1.28. The van der Waals surface area contributed by atoms with Crippen molar-refractivity contribution >= 4 is 17.6 Å². The second kappa shape index (κ2) is 7.35. The quantitative estimate of drug-likeness (QED) is 0.802. The molecule has 0 aliphatic carbocycles. The van der Waals surface area contributed by atoms with Gasteiger partial charge in [-0.15, -0.1) is 0 Å². The molecule has 0 unspecified atom stereocenters. The predicted molar refractivity (Wildman–Crippen MR) is 78.0 cm³/mol. The summed E-state index contributed by atoms with van der Waals surface area (Å²) in [6, 6.07) is 9.42. The van der Waals surface area contributed by atoms with Crippen LogP contribution >= 0.6 is 0 Å². The summed E-state index contributed by atoms with van der Waals surface area (Å²) >= 11 is 0. The van der Waals surface area contributed by atoms with E-state index in [-0.39, 0.29) is 18.0 Å².